The largest absolute Gasteiger partial charge is 0.479 e. The lowest BCUT2D eigenvalue weighted by Gasteiger charge is -2.07. The molecule has 0 aliphatic rings. The van der Waals surface area contributed by atoms with Gasteiger partial charge in [0.2, 0.25) is 0 Å². The van der Waals surface area contributed by atoms with Crippen LogP contribution in [0.25, 0.3) is 0 Å². The highest BCUT2D eigenvalue weighted by molar-refractivity contribution is 5.85. The third-order valence-electron chi connectivity index (χ3n) is 0.699. The summed E-state index contributed by atoms with van der Waals surface area (Å²) >= 11 is 0. The maximum atomic E-state index is 7.05. The summed E-state index contributed by atoms with van der Waals surface area (Å²) in [6, 6.07) is 0. The quantitative estimate of drug-likeness (QED) is 0.477. The Labute approximate surface area is 62.5 Å². The average Bonchev–Trinajstić information content (AvgIpc) is 1.65. The SMILES string of the molecule is CCC(=N)OC(C)C.Cl. The molecular formula is C6H14ClNO. The topological polar surface area (TPSA) is 33.1 Å². The van der Waals surface area contributed by atoms with Crippen molar-refractivity contribution in [2.24, 2.45) is 0 Å². The van der Waals surface area contributed by atoms with Crippen molar-refractivity contribution < 1.29 is 4.74 Å². The Balaban J connectivity index is 0. The lowest BCUT2D eigenvalue weighted by atomic mass is 10.4. The zero-order valence-corrected chi connectivity index (χ0v) is 6.92. The van der Waals surface area contributed by atoms with Crippen LogP contribution in [0, 0.1) is 5.41 Å². The summed E-state index contributed by atoms with van der Waals surface area (Å²) in [7, 11) is 0. The van der Waals surface area contributed by atoms with E-state index in [1.807, 2.05) is 20.8 Å². The fraction of sp³-hybridized carbons (Fsp3) is 0.833. The summed E-state index contributed by atoms with van der Waals surface area (Å²) in [5, 5.41) is 7.05. The molecule has 1 N–H and O–H groups in total. The Morgan fingerprint density at radius 3 is 2.11 bits per heavy atom. The van der Waals surface area contributed by atoms with Crippen LogP contribution < -0.4 is 0 Å². The molecule has 0 saturated carbocycles. The minimum atomic E-state index is 0. The molecule has 2 nitrogen and oxygen atoms in total. The molecule has 0 spiro atoms. The highest BCUT2D eigenvalue weighted by Gasteiger charge is 1.94. The number of halogens is 1. The Morgan fingerprint density at radius 2 is 2.00 bits per heavy atom. The maximum Gasteiger partial charge on any atom is 0.180 e. The highest BCUT2D eigenvalue weighted by Crippen LogP contribution is 1.91. The van der Waals surface area contributed by atoms with E-state index < -0.39 is 0 Å². The van der Waals surface area contributed by atoms with E-state index in [0.717, 1.165) is 0 Å². The van der Waals surface area contributed by atoms with E-state index in [1.165, 1.54) is 0 Å². The van der Waals surface area contributed by atoms with Crippen molar-refractivity contribution in [1.29, 1.82) is 5.41 Å². The fourth-order valence-electron chi connectivity index (χ4n) is 0.368. The van der Waals surface area contributed by atoms with Crippen molar-refractivity contribution in [3.05, 3.63) is 0 Å². The van der Waals surface area contributed by atoms with Crippen molar-refractivity contribution in [3.8, 4) is 0 Å². The average molecular weight is 152 g/mol. The molecule has 0 radical (unpaired) electrons. The van der Waals surface area contributed by atoms with Gasteiger partial charge < -0.3 is 4.74 Å². The molecule has 3 heteroatoms. The molecule has 0 unspecified atom stereocenters. The van der Waals surface area contributed by atoms with Crippen LogP contribution in [0.15, 0.2) is 0 Å². The molecule has 0 aromatic rings. The van der Waals surface area contributed by atoms with Crippen LogP contribution in [0.2, 0.25) is 0 Å². The standard InChI is InChI=1S/C6H13NO.ClH/c1-4-6(7)8-5(2)3;/h5,7H,4H2,1-3H3;1H. The molecule has 0 heterocycles. The van der Waals surface area contributed by atoms with Gasteiger partial charge >= 0.3 is 0 Å². The van der Waals surface area contributed by atoms with Gasteiger partial charge in [-0.15, -0.1) is 12.4 Å². The fourth-order valence-corrected chi connectivity index (χ4v) is 0.368. The molecule has 56 valence electrons. The minimum absolute atomic E-state index is 0. The van der Waals surface area contributed by atoms with Gasteiger partial charge in [0.25, 0.3) is 0 Å². The third kappa shape index (κ3) is 7.76. The van der Waals surface area contributed by atoms with Gasteiger partial charge in [0.15, 0.2) is 5.90 Å². The Kier molecular flexibility index (Phi) is 7.55. The molecule has 0 aliphatic carbocycles. The molecule has 0 saturated heterocycles. The van der Waals surface area contributed by atoms with Crippen LogP contribution >= 0.6 is 12.4 Å². The number of hydrogen-bond acceptors (Lipinski definition) is 2. The van der Waals surface area contributed by atoms with Crippen LogP contribution in [0.1, 0.15) is 27.2 Å². The van der Waals surface area contributed by atoms with Gasteiger partial charge in [-0.25, -0.2) is 0 Å². The summed E-state index contributed by atoms with van der Waals surface area (Å²) in [6.45, 7) is 5.75. The Morgan fingerprint density at radius 1 is 1.56 bits per heavy atom. The summed E-state index contributed by atoms with van der Waals surface area (Å²) in [5.74, 6) is 0.375. The molecule has 0 fully saturated rings. The maximum absolute atomic E-state index is 7.05. The van der Waals surface area contributed by atoms with E-state index in [-0.39, 0.29) is 18.5 Å². The number of hydrogen-bond donors (Lipinski definition) is 1. The van der Waals surface area contributed by atoms with Gasteiger partial charge in [0.05, 0.1) is 6.10 Å². The predicted octanol–water partition coefficient (Wildman–Crippen LogP) is 2.22. The number of rotatable bonds is 2. The van der Waals surface area contributed by atoms with E-state index in [0.29, 0.717) is 12.3 Å². The molecule has 0 aromatic carbocycles. The third-order valence-corrected chi connectivity index (χ3v) is 0.699. The summed E-state index contributed by atoms with van der Waals surface area (Å²) in [5.41, 5.74) is 0. The molecule has 0 aliphatic heterocycles. The zero-order valence-electron chi connectivity index (χ0n) is 6.10. The van der Waals surface area contributed by atoms with Gasteiger partial charge in [-0.05, 0) is 13.8 Å². The van der Waals surface area contributed by atoms with Crippen molar-refractivity contribution in [2.75, 3.05) is 0 Å². The van der Waals surface area contributed by atoms with Crippen LogP contribution in [0.3, 0.4) is 0 Å². The predicted molar refractivity (Wildman–Crippen MR) is 41.5 cm³/mol. The second-order valence-electron chi connectivity index (χ2n) is 1.94. The second kappa shape index (κ2) is 5.89. The van der Waals surface area contributed by atoms with E-state index in [1.54, 1.807) is 0 Å². The highest BCUT2D eigenvalue weighted by atomic mass is 35.5. The lowest BCUT2D eigenvalue weighted by Crippen LogP contribution is -2.08. The Hall–Kier alpha value is -0.240. The molecule has 0 rings (SSSR count). The van der Waals surface area contributed by atoms with E-state index in [2.05, 4.69) is 0 Å². The molecule has 0 atom stereocenters. The molecule has 0 bridgehead atoms. The normalized spacial score (nSPS) is 8.44. The molecule has 9 heavy (non-hydrogen) atoms. The zero-order chi connectivity index (χ0) is 6.57. The second-order valence-corrected chi connectivity index (χ2v) is 1.94. The first kappa shape index (κ1) is 11.5. The first-order valence-corrected chi connectivity index (χ1v) is 2.91. The van der Waals surface area contributed by atoms with Crippen molar-refractivity contribution in [3.63, 3.8) is 0 Å². The van der Waals surface area contributed by atoms with Gasteiger partial charge in [-0.3, -0.25) is 5.41 Å². The molecule has 0 amide bonds. The van der Waals surface area contributed by atoms with Gasteiger partial charge in [0.1, 0.15) is 0 Å². The summed E-state index contributed by atoms with van der Waals surface area (Å²) in [6.07, 6.45) is 0.848. The summed E-state index contributed by atoms with van der Waals surface area (Å²) in [4.78, 5) is 0. The van der Waals surface area contributed by atoms with Crippen molar-refractivity contribution in [2.45, 2.75) is 33.3 Å². The van der Waals surface area contributed by atoms with Crippen molar-refractivity contribution in [1.82, 2.24) is 0 Å². The van der Waals surface area contributed by atoms with Crippen LogP contribution in [0.5, 0.6) is 0 Å². The first-order valence-electron chi connectivity index (χ1n) is 2.91. The number of nitrogens with one attached hydrogen (secondary N) is 1. The number of ether oxygens (including phenoxy) is 1. The monoisotopic (exact) mass is 151 g/mol. The van der Waals surface area contributed by atoms with Crippen molar-refractivity contribution >= 4 is 18.3 Å². The lowest BCUT2D eigenvalue weighted by molar-refractivity contribution is 0.220. The van der Waals surface area contributed by atoms with Crippen LogP contribution in [-0.4, -0.2) is 12.0 Å². The Bertz CT molecular complexity index is 83.1. The summed E-state index contributed by atoms with van der Waals surface area (Å²) < 4.78 is 4.98. The van der Waals surface area contributed by atoms with E-state index in [4.69, 9.17) is 10.1 Å². The minimum Gasteiger partial charge on any atom is -0.479 e. The van der Waals surface area contributed by atoms with Crippen LogP contribution in [0.4, 0.5) is 0 Å². The first-order chi connectivity index (χ1) is 3.66. The smallest absolute Gasteiger partial charge is 0.180 e. The van der Waals surface area contributed by atoms with E-state index in [9.17, 15) is 0 Å². The van der Waals surface area contributed by atoms with Gasteiger partial charge in [0, 0.05) is 6.42 Å². The van der Waals surface area contributed by atoms with E-state index >= 15 is 0 Å². The van der Waals surface area contributed by atoms with Gasteiger partial charge in [-0.1, -0.05) is 6.92 Å². The molecular weight excluding hydrogens is 138 g/mol. The molecule has 0 aromatic heterocycles. The van der Waals surface area contributed by atoms with Crippen LogP contribution in [-0.2, 0) is 4.74 Å². The van der Waals surface area contributed by atoms with Gasteiger partial charge in [-0.2, -0.15) is 0 Å².